The van der Waals surface area contributed by atoms with Gasteiger partial charge in [-0.25, -0.2) is 14.4 Å². The summed E-state index contributed by atoms with van der Waals surface area (Å²) in [5, 5.41) is 0. The Morgan fingerprint density at radius 3 is 2.68 bits per heavy atom. The van der Waals surface area contributed by atoms with E-state index in [0.717, 1.165) is 11.3 Å². The van der Waals surface area contributed by atoms with Gasteiger partial charge in [0.05, 0.1) is 12.8 Å². The minimum absolute atomic E-state index is 0.00653. The van der Waals surface area contributed by atoms with Crippen LogP contribution in [0.15, 0.2) is 47.1 Å². The number of carbonyl (C=O) groups is 1. The monoisotopic (exact) mass is 337 g/mol. The summed E-state index contributed by atoms with van der Waals surface area (Å²) in [6.45, 7) is 2.24. The lowest BCUT2D eigenvalue weighted by atomic mass is 10.0. The van der Waals surface area contributed by atoms with E-state index in [0.29, 0.717) is 42.4 Å². The van der Waals surface area contributed by atoms with Crippen molar-refractivity contribution in [1.29, 1.82) is 0 Å². The number of nitrogens with zero attached hydrogens (tertiary/aromatic N) is 3. The first-order valence-electron chi connectivity index (χ1n) is 8.08. The van der Waals surface area contributed by atoms with Crippen molar-refractivity contribution < 1.29 is 13.6 Å². The van der Waals surface area contributed by atoms with Crippen LogP contribution in [0.4, 0.5) is 10.2 Å². The second kappa shape index (κ2) is 6.12. The number of halogens is 1. The Morgan fingerprint density at radius 2 is 1.96 bits per heavy atom. The number of aryl methyl sites for hydroxylation is 1. The van der Waals surface area contributed by atoms with Crippen LogP contribution in [0.5, 0.6) is 0 Å². The summed E-state index contributed by atoms with van der Waals surface area (Å²) in [6.07, 6.45) is 2.63. The normalized spacial score (nSPS) is 13.8. The molecule has 1 aliphatic rings. The number of benzene rings is 1. The lowest BCUT2D eigenvalue weighted by molar-refractivity contribution is -0.119. The molecule has 3 aromatic rings. The highest BCUT2D eigenvalue weighted by molar-refractivity contribution is 5.95. The van der Waals surface area contributed by atoms with Crippen molar-refractivity contribution in [2.24, 2.45) is 0 Å². The fourth-order valence-electron chi connectivity index (χ4n) is 3.03. The van der Waals surface area contributed by atoms with E-state index in [2.05, 4.69) is 9.97 Å². The molecule has 25 heavy (non-hydrogen) atoms. The van der Waals surface area contributed by atoms with Crippen molar-refractivity contribution in [1.82, 2.24) is 9.97 Å². The molecule has 4 rings (SSSR count). The molecule has 2 aromatic heterocycles. The fourth-order valence-corrected chi connectivity index (χ4v) is 3.03. The molecule has 0 unspecified atom stereocenters. The molecular formula is C19H16FN3O2. The van der Waals surface area contributed by atoms with Gasteiger partial charge in [-0.3, -0.25) is 9.69 Å². The number of anilines is 1. The van der Waals surface area contributed by atoms with E-state index in [1.807, 2.05) is 13.0 Å². The predicted octanol–water partition coefficient (Wildman–Crippen LogP) is 3.66. The second-order valence-corrected chi connectivity index (χ2v) is 6.00. The van der Waals surface area contributed by atoms with Gasteiger partial charge >= 0.3 is 0 Å². The molecule has 0 saturated carbocycles. The fraction of sp³-hybridized carbons (Fsp3) is 0.211. The van der Waals surface area contributed by atoms with E-state index in [9.17, 15) is 9.18 Å². The Bertz CT molecular complexity index is 921. The van der Waals surface area contributed by atoms with Crippen LogP contribution in [0.1, 0.15) is 23.4 Å². The second-order valence-electron chi connectivity index (χ2n) is 6.00. The summed E-state index contributed by atoms with van der Waals surface area (Å²) in [7, 11) is 0. The van der Waals surface area contributed by atoms with Crippen molar-refractivity contribution in [3.63, 3.8) is 0 Å². The number of hydrogen-bond acceptors (Lipinski definition) is 4. The highest BCUT2D eigenvalue weighted by atomic mass is 19.1. The number of aromatic nitrogens is 2. The molecule has 126 valence electrons. The summed E-state index contributed by atoms with van der Waals surface area (Å²) in [5.41, 5.74) is 2.52. The molecule has 1 amide bonds. The molecule has 6 heteroatoms. The van der Waals surface area contributed by atoms with Gasteiger partial charge in [-0.15, -0.1) is 0 Å². The molecule has 0 atom stereocenters. The molecule has 1 aromatic carbocycles. The molecule has 0 spiro atoms. The zero-order chi connectivity index (χ0) is 17.4. The van der Waals surface area contributed by atoms with Crippen molar-refractivity contribution in [2.75, 3.05) is 4.90 Å². The van der Waals surface area contributed by atoms with Gasteiger partial charge in [0.25, 0.3) is 0 Å². The van der Waals surface area contributed by atoms with Gasteiger partial charge in [-0.1, -0.05) is 0 Å². The maximum atomic E-state index is 13.2. The van der Waals surface area contributed by atoms with Gasteiger partial charge in [0.2, 0.25) is 5.91 Å². The summed E-state index contributed by atoms with van der Waals surface area (Å²) in [5.74, 6) is 1.48. The summed E-state index contributed by atoms with van der Waals surface area (Å²) >= 11 is 0. The third-order valence-corrected chi connectivity index (χ3v) is 4.33. The molecule has 3 heterocycles. The summed E-state index contributed by atoms with van der Waals surface area (Å²) in [6, 6.07) is 9.64. The Balaban J connectivity index is 1.79. The Hall–Kier alpha value is -3.02. The van der Waals surface area contributed by atoms with Crippen molar-refractivity contribution >= 4 is 11.7 Å². The largest absolute Gasteiger partial charge is 0.467 e. The molecule has 0 bridgehead atoms. The van der Waals surface area contributed by atoms with Crippen LogP contribution in [0.3, 0.4) is 0 Å². The third kappa shape index (κ3) is 2.91. The maximum absolute atomic E-state index is 13.2. The van der Waals surface area contributed by atoms with E-state index in [1.54, 1.807) is 29.4 Å². The van der Waals surface area contributed by atoms with Gasteiger partial charge in [-0.2, -0.15) is 0 Å². The number of amides is 1. The zero-order valence-corrected chi connectivity index (χ0v) is 13.7. The number of hydrogen-bond donors (Lipinski definition) is 0. The van der Waals surface area contributed by atoms with Crippen LogP contribution in [-0.2, 0) is 17.8 Å². The minimum atomic E-state index is -0.312. The number of rotatable bonds is 3. The van der Waals surface area contributed by atoms with Crippen LogP contribution in [0.25, 0.3) is 11.4 Å². The average Bonchev–Trinajstić information content (AvgIpc) is 3.11. The summed E-state index contributed by atoms with van der Waals surface area (Å²) in [4.78, 5) is 23.3. The molecule has 0 aliphatic carbocycles. The SMILES string of the molecule is Cc1nc(-c2ccc(F)cc2)nc2c1CCC(=O)N2Cc1ccco1. The Kier molecular flexibility index (Phi) is 3.80. The first kappa shape index (κ1) is 15.5. The summed E-state index contributed by atoms with van der Waals surface area (Å²) < 4.78 is 18.6. The quantitative estimate of drug-likeness (QED) is 0.732. The van der Waals surface area contributed by atoms with Crippen molar-refractivity contribution in [2.45, 2.75) is 26.3 Å². The molecule has 1 aliphatic heterocycles. The standard InChI is InChI=1S/C19H16FN3O2/c1-12-16-8-9-17(24)23(11-15-3-2-10-25-15)19(16)22-18(21-12)13-4-6-14(20)7-5-13/h2-7,10H,8-9,11H2,1H3. The molecule has 0 radical (unpaired) electrons. The third-order valence-electron chi connectivity index (χ3n) is 4.33. The topological polar surface area (TPSA) is 59.2 Å². The van der Waals surface area contributed by atoms with Gasteiger partial charge in [0, 0.05) is 23.2 Å². The highest BCUT2D eigenvalue weighted by Crippen LogP contribution is 2.31. The zero-order valence-electron chi connectivity index (χ0n) is 13.7. The Morgan fingerprint density at radius 1 is 1.16 bits per heavy atom. The minimum Gasteiger partial charge on any atom is -0.467 e. The van der Waals surface area contributed by atoms with Crippen LogP contribution in [0, 0.1) is 12.7 Å². The number of fused-ring (bicyclic) bond motifs is 1. The smallest absolute Gasteiger partial charge is 0.228 e. The van der Waals surface area contributed by atoms with Gasteiger partial charge in [-0.05, 0) is 49.7 Å². The average molecular weight is 337 g/mol. The molecule has 0 saturated heterocycles. The lowest BCUT2D eigenvalue weighted by Gasteiger charge is -2.28. The van der Waals surface area contributed by atoms with E-state index in [1.165, 1.54) is 12.1 Å². The number of carbonyl (C=O) groups excluding carboxylic acids is 1. The first-order chi connectivity index (χ1) is 12.1. The van der Waals surface area contributed by atoms with Gasteiger partial charge in [0.1, 0.15) is 17.4 Å². The van der Waals surface area contributed by atoms with Crippen LogP contribution < -0.4 is 4.90 Å². The van der Waals surface area contributed by atoms with Gasteiger partial charge < -0.3 is 4.42 Å². The predicted molar refractivity (Wildman–Crippen MR) is 90.4 cm³/mol. The van der Waals surface area contributed by atoms with E-state index < -0.39 is 0 Å². The Labute approximate surface area is 144 Å². The van der Waals surface area contributed by atoms with E-state index >= 15 is 0 Å². The van der Waals surface area contributed by atoms with Crippen molar-refractivity contribution in [3.05, 3.63) is 65.5 Å². The van der Waals surface area contributed by atoms with Crippen molar-refractivity contribution in [3.8, 4) is 11.4 Å². The van der Waals surface area contributed by atoms with Crippen LogP contribution in [0.2, 0.25) is 0 Å². The highest BCUT2D eigenvalue weighted by Gasteiger charge is 2.28. The van der Waals surface area contributed by atoms with E-state index in [-0.39, 0.29) is 11.7 Å². The van der Waals surface area contributed by atoms with Crippen LogP contribution in [-0.4, -0.2) is 15.9 Å². The first-order valence-corrected chi connectivity index (χ1v) is 8.08. The van der Waals surface area contributed by atoms with E-state index in [4.69, 9.17) is 4.42 Å². The number of furan rings is 1. The van der Waals surface area contributed by atoms with Gasteiger partial charge in [0.15, 0.2) is 5.82 Å². The maximum Gasteiger partial charge on any atom is 0.228 e. The molecule has 0 N–H and O–H groups in total. The molecular weight excluding hydrogens is 321 g/mol. The molecule has 5 nitrogen and oxygen atoms in total. The molecule has 0 fully saturated rings. The lowest BCUT2D eigenvalue weighted by Crippen LogP contribution is -2.36. The van der Waals surface area contributed by atoms with Crippen LogP contribution >= 0.6 is 0 Å².